The summed E-state index contributed by atoms with van der Waals surface area (Å²) in [6.07, 6.45) is 6.52. The highest BCUT2D eigenvalue weighted by atomic mass is 16.2. The van der Waals surface area contributed by atoms with Gasteiger partial charge in [0.15, 0.2) is 5.78 Å². The van der Waals surface area contributed by atoms with Crippen molar-refractivity contribution >= 4 is 29.3 Å². The third-order valence-electron chi connectivity index (χ3n) is 6.06. The normalized spacial score (nSPS) is 21.9. The first-order valence-corrected chi connectivity index (χ1v) is 10.1. The Kier molecular flexibility index (Phi) is 4.91. The number of benzene rings is 1. The van der Waals surface area contributed by atoms with Crippen molar-refractivity contribution in [1.82, 2.24) is 10.2 Å². The van der Waals surface area contributed by atoms with Crippen LogP contribution in [-0.4, -0.2) is 47.2 Å². The van der Waals surface area contributed by atoms with Crippen LogP contribution in [-0.2, 0) is 9.59 Å². The maximum atomic E-state index is 13.0. The first-order chi connectivity index (χ1) is 13.5. The zero-order valence-electron chi connectivity index (χ0n) is 15.9. The number of nitrogens with zero attached hydrogens (tertiary/aromatic N) is 2. The van der Waals surface area contributed by atoms with Crippen LogP contribution in [0.25, 0.3) is 0 Å². The maximum Gasteiger partial charge on any atom is 0.325 e. The molecule has 1 aromatic carbocycles. The van der Waals surface area contributed by atoms with E-state index in [0.29, 0.717) is 37.1 Å². The van der Waals surface area contributed by atoms with Gasteiger partial charge in [-0.15, -0.1) is 0 Å². The van der Waals surface area contributed by atoms with Crippen LogP contribution in [0.1, 0.15) is 61.7 Å². The Labute approximate surface area is 164 Å². The standard InChI is InChI=1S/C21H25N3O4/c25-17(15-7-5-8-16(13-15)23-12-6-9-18(23)26)14-24-19(27)21(22-20(24)28)10-3-1-2-4-11-21/h5,7-8,13H,1-4,6,9-12,14H2,(H,22,28). The first-order valence-electron chi connectivity index (χ1n) is 10.1. The molecule has 1 aromatic rings. The van der Waals surface area contributed by atoms with Gasteiger partial charge in [0.2, 0.25) is 5.91 Å². The zero-order valence-corrected chi connectivity index (χ0v) is 15.9. The number of Topliss-reactive ketones (excluding diaryl/α,β-unsaturated/α-hetero) is 1. The van der Waals surface area contributed by atoms with Crippen LogP contribution in [0.5, 0.6) is 0 Å². The highest BCUT2D eigenvalue weighted by Crippen LogP contribution is 2.33. The number of ketones is 1. The number of carbonyl (C=O) groups is 4. The van der Waals surface area contributed by atoms with E-state index in [9.17, 15) is 19.2 Å². The van der Waals surface area contributed by atoms with Gasteiger partial charge < -0.3 is 10.2 Å². The molecule has 7 heteroatoms. The van der Waals surface area contributed by atoms with E-state index in [1.165, 1.54) is 0 Å². The lowest BCUT2D eigenvalue weighted by molar-refractivity contribution is -0.131. The fraction of sp³-hybridized carbons (Fsp3) is 0.524. The quantitative estimate of drug-likeness (QED) is 0.640. The van der Waals surface area contributed by atoms with E-state index in [0.717, 1.165) is 37.0 Å². The third kappa shape index (κ3) is 3.30. The van der Waals surface area contributed by atoms with Crippen molar-refractivity contribution in [2.45, 2.75) is 56.9 Å². The first kappa shape index (κ1) is 18.7. The summed E-state index contributed by atoms with van der Waals surface area (Å²) < 4.78 is 0. The highest BCUT2D eigenvalue weighted by Gasteiger charge is 2.51. The molecule has 1 saturated carbocycles. The minimum atomic E-state index is -0.836. The van der Waals surface area contributed by atoms with Crippen LogP contribution in [0.15, 0.2) is 24.3 Å². The molecule has 148 valence electrons. The van der Waals surface area contributed by atoms with Crippen molar-refractivity contribution < 1.29 is 19.2 Å². The van der Waals surface area contributed by atoms with Crippen LogP contribution in [0.2, 0.25) is 0 Å². The molecule has 0 bridgehead atoms. The molecule has 4 rings (SSSR count). The van der Waals surface area contributed by atoms with Gasteiger partial charge in [-0.25, -0.2) is 4.79 Å². The Hall–Kier alpha value is -2.70. The molecule has 3 aliphatic rings. The smallest absolute Gasteiger partial charge is 0.323 e. The van der Waals surface area contributed by atoms with Crippen molar-refractivity contribution in [3.8, 4) is 0 Å². The molecule has 0 radical (unpaired) electrons. The molecule has 0 aromatic heterocycles. The summed E-state index contributed by atoms with van der Waals surface area (Å²) in [5.74, 6) is -0.532. The molecular formula is C21H25N3O4. The summed E-state index contributed by atoms with van der Waals surface area (Å²) in [5, 5.41) is 2.86. The summed E-state index contributed by atoms with van der Waals surface area (Å²) in [6.45, 7) is 0.371. The molecule has 2 aliphatic heterocycles. The van der Waals surface area contributed by atoms with Crippen molar-refractivity contribution in [3.05, 3.63) is 29.8 Å². The molecule has 4 amide bonds. The Bertz CT molecular complexity index is 827. The zero-order chi connectivity index (χ0) is 19.7. The molecule has 2 heterocycles. The summed E-state index contributed by atoms with van der Waals surface area (Å²) in [7, 11) is 0. The lowest BCUT2D eigenvalue weighted by Crippen LogP contribution is -2.46. The van der Waals surface area contributed by atoms with Gasteiger partial charge in [0.05, 0.1) is 6.54 Å². The Morgan fingerprint density at radius 3 is 2.46 bits per heavy atom. The number of hydrogen-bond acceptors (Lipinski definition) is 4. The van der Waals surface area contributed by atoms with E-state index < -0.39 is 11.6 Å². The monoisotopic (exact) mass is 383 g/mol. The molecule has 7 nitrogen and oxygen atoms in total. The summed E-state index contributed by atoms with van der Waals surface area (Å²) in [6, 6.07) is 6.38. The fourth-order valence-electron chi connectivity index (χ4n) is 4.49. The van der Waals surface area contributed by atoms with Gasteiger partial charge in [-0.2, -0.15) is 0 Å². The lowest BCUT2D eigenvalue weighted by atomic mass is 9.90. The van der Waals surface area contributed by atoms with E-state index >= 15 is 0 Å². The molecule has 28 heavy (non-hydrogen) atoms. The largest absolute Gasteiger partial charge is 0.325 e. The van der Waals surface area contributed by atoms with Crippen molar-refractivity contribution in [3.63, 3.8) is 0 Å². The van der Waals surface area contributed by atoms with Crippen molar-refractivity contribution in [2.24, 2.45) is 0 Å². The Morgan fingerprint density at radius 2 is 1.79 bits per heavy atom. The van der Waals surface area contributed by atoms with E-state index in [-0.39, 0.29) is 24.1 Å². The van der Waals surface area contributed by atoms with Crippen LogP contribution in [0.3, 0.4) is 0 Å². The highest BCUT2D eigenvalue weighted by molar-refractivity contribution is 6.11. The molecular weight excluding hydrogens is 358 g/mol. The van der Waals surface area contributed by atoms with E-state index in [1.54, 1.807) is 29.2 Å². The van der Waals surface area contributed by atoms with Crippen LogP contribution in [0.4, 0.5) is 10.5 Å². The molecule has 2 saturated heterocycles. The SMILES string of the molecule is O=C(CN1C(=O)NC2(CCCCCC2)C1=O)c1cccc(N2CCCC2=O)c1. The van der Waals surface area contributed by atoms with E-state index in [4.69, 9.17) is 0 Å². The predicted molar refractivity (Wildman–Crippen MR) is 103 cm³/mol. The summed E-state index contributed by atoms with van der Waals surface area (Å²) in [4.78, 5) is 52.9. The predicted octanol–water partition coefficient (Wildman–Crippen LogP) is 2.64. The van der Waals surface area contributed by atoms with Crippen LogP contribution >= 0.6 is 0 Å². The molecule has 0 atom stereocenters. The van der Waals surface area contributed by atoms with Crippen LogP contribution < -0.4 is 10.2 Å². The number of anilines is 1. The second kappa shape index (κ2) is 7.37. The fourth-order valence-corrected chi connectivity index (χ4v) is 4.49. The number of rotatable bonds is 4. The van der Waals surface area contributed by atoms with Gasteiger partial charge in [-0.05, 0) is 31.4 Å². The molecule has 1 spiro atoms. The second-order valence-corrected chi connectivity index (χ2v) is 7.94. The number of urea groups is 1. The second-order valence-electron chi connectivity index (χ2n) is 7.94. The summed E-state index contributed by atoms with van der Waals surface area (Å²) >= 11 is 0. The average Bonchev–Trinajstić information content (AvgIpc) is 3.10. The van der Waals surface area contributed by atoms with Gasteiger partial charge in [0.25, 0.3) is 5.91 Å². The lowest BCUT2D eigenvalue weighted by Gasteiger charge is -2.24. The number of nitrogens with one attached hydrogen (secondary N) is 1. The van der Waals surface area contributed by atoms with Gasteiger partial charge in [0.1, 0.15) is 5.54 Å². The average molecular weight is 383 g/mol. The van der Waals surface area contributed by atoms with Crippen molar-refractivity contribution in [2.75, 3.05) is 18.0 Å². The van der Waals surface area contributed by atoms with E-state index in [2.05, 4.69) is 5.32 Å². The van der Waals surface area contributed by atoms with Gasteiger partial charge in [0, 0.05) is 24.2 Å². The summed E-state index contributed by atoms with van der Waals surface area (Å²) in [5.41, 5.74) is 0.253. The van der Waals surface area contributed by atoms with Crippen LogP contribution in [0, 0.1) is 0 Å². The Balaban J connectivity index is 1.50. The molecule has 3 fully saturated rings. The number of imide groups is 1. The Morgan fingerprint density at radius 1 is 1.04 bits per heavy atom. The number of amides is 4. The number of hydrogen-bond donors (Lipinski definition) is 1. The topological polar surface area (TPSA) is 86.8 Å². The van der Waals surface area contributed by atoms with Crippen molar-refractivity contribution in [1.29, 1.82) is 0 Å². The minimum absolute atomic E-state index is 0.0500. The van der Waals surface area contributed by atoms with E-state index in [1.807, 2.05) is 0 Å². The molecule has 1 aliphatic carbocycles. The maximum absolute atomic E-state index is 13.0. The molecule has 1 N–H and O–H groups in total. The minimum Gasteiger partial charge on any atom is -0.323 e. The third-order valence-corrected chi connectivity index (χ3v) is 6.06. The van der Waals surface area contributed by atoms with Gasteiger partial charge in [-0.1, -0.05) is 37.8 Å². The number of carbonyl (C=O) groups excluding carboxylic acids is 4. The van der Waals surface area contributed by atoms with Gasteiger partial charge in [-0.3, -0.25) is 19.3 Å². The van der Waals surface area contributed by atoms with Gasteiger partial charge >= 0.3 is 6.03 Å². The molecule has 0 unspecified atom stereocenters.